The van der Waals surface area contributed by atoms with E-state index >= 15 is 0 Å². The van der Waals surface area contributed by atoms with Crippen LogP contribution in [0.1, 0.15) is 17.5 Å². The van der Waals surface area contributed by atoms with Gasteiger partial charge in [0, 0.05) is 11.6 Å². The summed E-state index contributed by atoms with van der Waals surface area (Å²) in [5.74, 6) is 0.859. The number of carbonyl (C=O) groups excluding carboxylic acids is 2. The smallest absolute Gasteiger partial charge is 0.163 e. The van der Waals surface area contributed by atoms with Gasteiger partial charge in [-0.05, 0) is 48.1 Å². The SMILES string of the molecule is COc1ccc(C=CC(=O)CC(=O)C=Cc2ccc(OC)c(O)c2)c(OC)c1. The van der Waals surface area contributed by atoms with Gasteiger partial charge in [-0.15, -0.1) is 0 Å². The molecular weight excluding hydrogens is 360 g/mol. The molecule has 0 aliphatic heterocycles. The number of hydrogen-bond donors (Lipinski definition) is 1. The maximum atomic E-state index is 12.0. The van der Waals surface area contributed by atoms with Gasteiger partial charge in [0.25, 0.3) is 0 Å². The summed E-state index contributed by atoms with van der Waals surface area (Å²) in [4.78, 5) is 24.0. The van der Waals surface area contributed by atoms with Gasteiger partial charge in [0.15, 0.2) is 23.1 Å². The highest BCUT2D eigenvalue weighted by atomic mass is 16.5. The molecule has 0 aromatic heterocycles. The highest BCUT2D eigenvalue weighted by Gasteiger charge is 2.06. The summed E-state index contributed by atoms with van der Waals surface area (Å²) in [6.07, 6.45) is 5.52. The number of ketones is 2. The molecule has 0 atom stereocenters. The summed E-state index contributed by atoms with van der Waals surface area (Å²) in [7, 11) is 4.54. The molecule has 0 spiro atoms. The van der Waals surface area contributed by atoms with Crippen LogP contribution in [0.2, 0.25) is 0 Å². The highest BCUT2D eigenvalue weighted by molar-refractivity contribution is 6.11. The lowest BCUT2D eigenvalue weighted by atomic mass is 10.1. The van der Waals surface area contributed by atoms with Gasteiger partial charge in [0.05, 0.1) is 27.8 Å². The number of rotatable bonds is 9. The van der Waals surface area contributed by atoms with E-state index in [1.54, 1.807) is 43.5 Å². The third kappa shape index (κ3) is 5.74. The van der Waals surface area contributed by atoms with Gasteiger partial charge in [0.1, 0.15) is 11.5 Å². The Hall–Kier alpha value is -3.54. The molecule has 0 fully saturated rings. The van der Waals surface area contributed by atoms with Crippen molar-refractivity contribution in [1.82, 2.24) is 0 Å². The minimum atomic E-state index is -0.341. The van der Waals surface area contributed by atoms with Crippen molar-refractivity contribution in [3.8, 4) is 23.0 Å². The molecule has 0 aliphatic carbocycles. The van der Waals surface area contributed by atoms with Crippen molar-refractivity contribution in [3.63, 3.8) is 0 Å². The second-order valence-electron chi connectivity index (χ2n) is 5.82. The predicted molar refractivity (Wildman–Crippen MR) is 107 cm³/mol. The average Bonchev–Trinajstić information content (AvgIpc) is 2.70. The van der Waals surface area contributed by atoms with E-state index in [-0.39, 0.29) is 23.7 Å². The molecule has 6 nitrogen and oxygen atoms in total. The van der Waals surface area contributed by atoms with Crippen LogP contribution in [0.4, 0.5) is 0 Å². The standard InChI is InChI=1S/C22H22O6/c1-26-19-10-7-16(22(14-19)28-3)6-9-18(24)13-17(23)8-4-15-5-11-21(27-2)20(25)12-15/h4-12,14,25H,13H2,1-3H3. The Morgan fingerprint density at radius 2 is 1.54 bits per heavy atom. The molecule has 2 aromatic rings. The Bertz CT molecular complexity index is 911. The Morgan fingerprint density at radius 1 is 0.857 bits per heavy atom. The van der Waals surface area contributed by atoms with Crippen LogP contribution < -0.4 is 14.2 Å². The largest absolute Gasteiger partial charge is 0.504 e. The zero-order valence-corrected chi connectivity index (χ0v) is 16.0. The number of ether oxygens (including phenoxy) is 3. The molecule has 2 aromatic carbocycles. The number of hydrogen-bond acceptors (Lipinski definition) is 6. The Kier molecular flexibility index (Phi) is 7.39. The lowest BCUT2D eigenvalue weighted by Crippen LogP contribution is -2.02. The summed E-state index contributed by atoms with van der Waals surface area (Å²) in [6.45, 7) is 0. The van der Waals surface area contributed by atoms with Crippen LogP contribution in [-0.4, -0.2) is 38.0 Å². The third-order valence-corrected chi connectivity index (χ3v) is 3.90. The van der Waals surface area contributed by atoms with Crippen molar-refractivity contribution >= 4 is 23.7 Å². The first kappa shape index (κ1) is 20.8. The van der Waals surface area contributed by atoms with Gasteiger partial charge in [-0.2, -0.15) is 0 Å². The van der Waals surface area contributed by atoms with Crippen LogP contribution >= 0.6 is 0 Å². The fourth-order valence-corrected chi connectivity index (χ4v) is 2.43. The van der Waals surface area contributed by atoms with Crippen LogP contribution in [0.5, 0.6) is 23.0 Å². The summed E-state index contributed by atoms with van der Waals surface area (Å²) >= 11 is 0. The minimum Gasteiger partial charge on any atom is -0.504 e. The molecule has 1 N–H and O–H groups in total. The van der Waals surface area contributed by atoms with E-state index in [1.807, 2.05) is 0 Å². The normalized spacial score (nSPS) is 11.0. The topological polar surface area (TPSA) is 82.1 Å². The van der Waals surface area contributed by atoms with E-state index in [9.17, 15) is 14.7 Å². The number of benzene rings is 2. The van der Waals surface area contributed by atoms with Crippen LogP contribution in [-0.2, 0) is 9.59 Å². The molecule has 0 amide bonds. The van der Waals surface area contributed by atoms with Gasteiger partial charge >= 0.3 is 0 Å². The molecule has 0 aliphatic rings. The average molecular weight is 382 g/mol. The molecular formula is C22H22O6. The van der Waals surface area contributed by atoms with Crippen molar-refractivity contribution < 1.29 is 28.9 Å². The third-order valence-electron chi connectivity index (χ3n) is 3.90. The fraction of sp³-hybridized carbons (Fsp3) is 0.182. The molecule has 0 saturated carbocycles. The lowest BCUT2D eigenvalue weighted by Gasteiger charge is -2.07. The van der Waals surface area contributed by atoms with Crippen molar-refractivity contribution in [2.24, 2.45) is 0 Å². The summed E-state index contributed by atoms with van der Waals surface area (Å²) in [5, 5.41) is 9.73. The second kappa shape index (κ2) is 9.97. The predicted octanol–water partition coefficient (Wildman–Crippen LogP) is 3.67. The first-order valence-electron chi connectivity index (χ1n) is 8.47. The Morgan fingerprint density at radius 3 is 2.14 bits per heavy atom. The highest BCUT2D eigenvalue weighted by Crippen LogP contribution is 2.27. The van der Waals surface area contributed by atoms with Crippen molar-refractivity contribution in [3.05, 3.63) is 59.7 Å². The number of carbonyl (C=O) groups is 2. The van der Waals surface area contributed by atoms with Crippen molar-refractivity contribution in [2.45, 2.75) is 6.42 Å². The number of phenolic OH excluding ortho intramolecular Hbond substituents is 1. The summed E-state index contributed by atoms with van der Waals surface area (Å²) in [6, 6.07) is 9.99. The number of aromatic hydroxyl groups is 1. The number of allylic oxidation sites excluding steroid dienone is 2. The summed E-state index contributed by atoms with van der Waals surface area (Å²) in [5.41, 5.74) is 1.32. The van der Waals surface area contributed by atoms with Crippen molar-refractivity contribution in [1.29, 1.82) is 0 Å². The lowest BCUT2D eigenvalue weighted by molar-refractivity contribution is -0.121. The van der Waals surface area contributed by atoms with E-state index in [2.05, 4.69) is 0 Å². The summed E-state index contributed by atoms with van der Waals surface area (Å²) < 4.78 is 15.4. The van der Waals surface area contributed by atoms with E-state index in [0.717, 1.165) is 0 Å². The van der Waals surface area contributed by atoms with Gasteiger partial charge in [0.2, 0.25) is 0 Å². The second-order valence-corrected chi connectivity index (χ2v) is 5.82. The molecule has 0 bridgehead atoms. The minimum absolute atomic E-state index is 0.0236. The van der Waals surface area contributed by atoms with Gasteiger partial charge < -0.3 is 19.3 Å². The maximum Gasteiger partial charge on any atom is 0.163 e. The van der Waals surface area contributed by atoms with Crippen molar-refractivity contribution in [2.75, 3.05) is 21.3 Å². The Labute approximate surface area is 163 Å². The van der Waals surface area contributed by atoms with Gasteiger partial charge in [-0.25, -0.2) is 0 Å². The quantitative estimate of drug-likeness (QED) is 0.526. The first-order valence-corrected chi connectivity index (χ1v) is 8.47. The van der Waals surface area contributed by atoms with E-state index in [1.165, 1.54) is 38.5 Å². The molecule has 6 heteroatoms. The van der Waals surface area contributed by atoms with Gasteiger partial charge in [-0.3, -0.25) is 9.59 Å². The Balaban J connectivity index is 1.98. The molecule has 28 heavy (non-hydrogen) atoms. The van der Waals surface area contributed by atoms with Crippen LogP contribution in [0.3, 0.4) is 0 Å². The monoisotopic (exact) mass is 382 g/mol. The molecule has 2 rings (SSSR count). The fourth-order valence-electron chi connectivity index (χ4n) is 2.43. The zero-order valence-electron chi connectivity index (χ0n) is 16.0. The molecule has 0 heterocycles. The van der Waals surface area contributed by atoms with Gasteiger partial charge in [-0.1, -0.05) is 12.1 Å². The number of methoxy groups -OCH3 is 3. The van der Waals surface area contributed by atoms with Crippen LogP contribution in [0.15, 0.2) is 48.6 Å². The van der Waals surface area contributed by atoms with Crippen LogP contribution in [0, 0.1) is 0 Å². The van der Waals surface area contributed by atoms with E-state index in [0.29, 0.717) is 28.4 Å². The maximum absolute atomic E-state index is 12.0. The van der Waals surface area contributed by atoms with E-state index in [4.69, 9.17) is 14.2 Å². The molecule has 146 valence electrons. The number of phenols is 1. The molecule has 0 unspecified atom stereocenters. The van der Waals surface area contributed by atoms with E-state index < -0.39 is 0 Å². The zero-order chi connectivity index (χ0) is 20.5. The molecule has 0 saturated heterocycles. The molecule has 0 radical (unpaired) electrons. The van der Waals surface area contributed by atoms with Crippen LogP contribution in [0.25, 0.3) is 12.2 Å². The first-order chi connectivity index (χ1) is 13.5.